The minimum atomic E-state index is -5.11. The number of ketones is 1. The van der Waals surface area contributed by atoms with Crippen LogP contribution in [0.25, 0.3) is 0 Å². The number of benzene rings is 1. The molecule has 5 nitrogen and oxygen atoms in total. The van der Waals surface area contributed by atoms with Crippen LogP contribution >= 0.6 is 0 Å². The predicted octanol–water partition coefficient (Wildman–Crippen LogP) is 2.36. The van der Waals surface area contributed by atoms with Gasteiger partial charge in [0, 0.05) is 12.7 Å². The molecule has 0 aromatic heterocycles. The first kappa shape index (κ1) is 20.1. The van der Waals surface area contributed by atoms with Gasteiger partial charge in [0.15, 0.2) is 11.9 Å². The number of esters is 1. The Labute approximate surface area is 137 Å². The van der Waals surface area contributed by atoms with Gasteiger partial charge in [-0.25, -0.2) is 4.79 Å². The molecule has 1 aromatic carbocycles. The van der Waals surface area contributed by atoms with Gasteiger partial charge >= 0.3 is 12.1 Å². The van der Waals surface area contributed by atoms with Crippen molar-refractivity contribution in [3.05, 3.63) is 35.9 Å². The largest absolute Gasteiger partial charge is 0.452 e. The van der Waals surface area contributed by atoms with Crippen LogP contribution in [0.2, 0.25) is 0 Å². The van der Waals surface area contributed by atoms with Gasteiger partial charge in [-0.15, -0.1) is 0 Å². The molecule has 0 aliphatic carbocycles. The van der Waals surface area contributed by atoms with Crippen molar-refractivity contribution in [2.45, 2.75) is 37.6 Å². The molecule has 0 radical (unpaired) electrons. The van der Waals surface area contributed by atoms with Crippen LogP contribution in [0.5, 0.6) is 0 Å². The van der Waals surface area contributed by atoms with E-state index in [2.05, 4.69) is 4.74 Å². The van der Waals surface area contributed by atoms with Gasteiger partial charge in [0.25, 0.3) is 5.60 Å². The van der Waals surface area contributed by atoms with Crippen molar-refractivity contribution in [2.24, 2.45) is 0 Å². The van der Waals surface area contributed by atoms with Gasteiger partial charge in [0.1, 0.15) is 6.61 Å². The summed E-state index contributed by atoms with van der Waals surface area (Å²) in [6.45, 7) is 0.727. The summed E-state index contributed by atoms with van der Waals surface area (Å²) >= 11 is 0. The van der Waals surface area contributed by atoms with Gasteiger partial charge in [-0.2, -0.15) is 13.2 Å². The van der Waals surface area contributed by atoms with Crippen molar-refractivity contribution >= 4 is 11.8 Å². The topological polar surface area (TPSA) is 72.8 Å². The summed E-state index contributed by atoms with van der Waals surface area (Å²) in [5.74, 6) is -2.62. The molecular weight excluding hydrogens is 329 g/mol. The summed E-state index contributed by atoms with van der Waals surface area (Å²) in [5.41, 5.74) is -3.81. The maximum absolute atomic E-state index is 13.7. The van der Waals surface area contributed by atoms with Gasteiger partial charge in [0.05, 0.1) is 0 Å². The average Bonchev–Trinajstić information content (AvgIpc) is 2.54. The Bertz CT molecular complexity index is 559. The number of aliphatic hydroxyl groups excluding tert-OH is 1. The quantitative estimate of drug-likeness (QED) is 0.730. The number of methoxy groups -OCH3 is 1. The molecule has 0 saturated carbocycles. The second-order valence-electron chi connectivity index (χ2n) is 5.06. The standard InChI is InChI=1S/C16H19F3O5/c1-3-7-13(12(21)10-20)24-14(22)15(23-2,16(17,18)19)11-8-5-4-6-9-11/h4-6,8-9,13,20H,3,7,10H2,1-2H3/t13-,15-/m0/s1. The highest BCUT2D eigenvalue weighted by Gasteiger charge is 2.64. The summed E-state index contributed by atoms with van der Waals surface area (Å²) in [5, 5.41) is 8.89. The maximum Gasteiger partial charge on any atom is 0.432 e. The van der Waals surface area contributed by atoms with E-state index in [1.54, 1.807) is 6.92 Å². The number of Topliss-reactive ketones (excluding diaryl/α,β-unsaturated/α-hetero) is 1. The van der Waals surface area contributed by atoms with Crippen molar-refractivity contribution in [3.8, 4) is 0 Å². The zero-order chi connectivity index (χ0) is 18.4. The molecule has 0 unspecified atom stereocenters. The van der Waals surface area contributed by atoms with Gasteiger partial charge in [-0.05, 0) is 6.42 Å². The van der Waals surface area contributed by atoms with Crippen molar-refractivity contribution in [3.63, 3.8) is 0 Å². The van der Waals surface area contributed by atoms with E-state index in [9.17, 15) is 22.8 Å². The highest BCUT2D eigenvalue weighted by Crippen LogP contribution is 2.43. The first-order valence-electron chi connectivity index (χ1n) is 7.26. The lowest BCUT2D eigenvalue weighted by molar-refractivity contribution is -0.278. The van der Waals surface area contributed by atoms with Gasteiger partial charge < -0.3 is 14.6 Å². The van der Waals surface area contributed by atoms with Crippen LogP contribution in [0, 0.1) is 0 Å². The van der Waals surface area contributed by atoms with Crippen LogP contribution in [-0.2, 0) is 24.7 Å². The molecule has 134 valence electrons. The summed E-state index contributed by atoms with van der Waals surface area (Å²) in [6, 6.07) is 6.30. The zero-order valence-electron chi connectivity index (χ0n) is 13.3. The van der Waals surface area contributed by atoms with E-state index in [1.165, 1.54) is 18.2 Å². The van der Waals surface area contributed by atoms with Crippen LogP contribution in [-0.4, -0.2) is 42.9 Å². The highest BCUT2D eigenvalue weighted by molar-refractivity contribution is 5.89. The average molecular weight is 348 g/mol. The molecule has 0 aliphatic heterocycles. The van der Waals surface area contributed by atoms with E-state index in [0.29, 0.717) is 6.42 Å². The number of carbonyl (C=O) groups is 2. The number of hydrogen-bond donors (Lipinski definition) is 1. The third kappa shape index (κ3) is 3.93. The fraction of sp³-hybridized carbons (Fsp3) is 0.500. The van der Waals surface area contributed by atoms with Gasteiger partial charge in [0.2, 0.25) is 0 Å². The monoisotopic (exact) mass is 348 g/mol. The normalized spacial score (nSPS) is 15.4. The predicted molar refractivity (Wildman–Crippen MR) is 78.1 cm³/mol. The third-order valence-electron chi connectivity index (χ3n) is 3.49. The molecular formula is C16H19F3O5. The van der Waals surface area contributed by atoms with Crippen molar-refractivity contribution < 1.29 is 37.3 Å². The lowest BCUT2D eigenvalue weighted by Gasteiger charge is -2.33. The fourth-order valence-corrected chi connectivity index (χ4v) is 2.25. The number of rotatable bonds is 8. The van der Waals surface area contributed by atoms with E-state index in [4.69, 9.17) is 9.84 Å². The van der Waals surface area contributed by atoms with Crippen LogP contribution in [0.15, 0.2) is 30.3 Å². The lowest BCUT2D eigenvalue weighted by Crippen LogP contribution is -2.53. The first-order chi connectivity index (χ1) is 11.2. The molecule has 1 aromatic rings. The molecule has 0 heterocycles. The summed E-state index contributed by atoms with van der Waals surface area (Å²) in [6.07, 6.45) is -6.20. The molecule has 0 amide bonds. The Hall–Kier alpha value is -1.93. The second kappa shape index (κ2) is 8.25. The van der Waals surface area contributed by atoms with E-state index in [1.807, 2.05) is 0 Å². The van der Waals surface area contributed by atoms with Gasteiger partial charge in [-0.3, -0.25) is 4.79 Å². The molecule has 1 N–H and O–H groups in total. The van der Waals surface area contributed by atoms with E-state index in [-0.39, 0.29) is 6.42 Å². The SMILES string of the molecule is CCC[C@H](OC(=O)[C@@](OC)(c1ccccc1)C(F)(F)F)C(=O)CO. The molecule has 8 heteroatoms. The van der Waals surface area contributed by atoms with Crippen LogP contribution in [0.1, 0.15) is 25.3 Å². The first-order valence-corrected chi connectivity index (χ1v) is 7.26. The Kier molecular flexibility index (Phi) is 6.92. The minimum Gasteiger partial charge on any atom is -0.452 e. The van der Waals surface area contributed by atoms with Crippen LogP contribution < -0.4 is 0 Å². The molecule has 2 atom stereocenters. The smallest absolute Gasteiger partial charge is 0.432 e. The Morgan fingerprint density at radius 2 is 1.79 bits per heavy atom. The van der Waals surface area contributed by atoms with E-state index in [0.717, 1.165) is 19.2 Å². The Balaban J connectivity index is 3.29. The molecule has 0 spiro atoms. The summed E-state index contributed by atoms with van der Waals surface area (Å²) in [7, 11) is 0.741. The molecule has 0 bridgehead atoms. The van der Waals surface area contributed by atoms with Gasteiger partial charge in [-0.1, -0.05) is 43.7 Å². The zero-order valence-corrected chi connectivity index (χ0v) is 13.3. The summed E-state index contributed by atoms with van der Waals surface area (Å²) < 4.78 is 50.4. The molecule has 0 fully saturated rings. The number of alkyl halides is 3. The van der Waals surface area contributed by atoms with Crippen LogP contribution in [0.4, 0.5) is 13.2 Å². The lowest BCUT2D eigenvalue weighted by atomic mass is 9.92. The molecule has 1 rings (SSSR count). The van der Waals surface area contributed by atoms with E-state index < -0.39 is 41.8 Å². The van der Waals surface area contributed by atoms with Crippen molar-refractivity contribution in [1.82, 2.24) is 0 Å². The van der Waals surface area contributed by atoms with E-state index >= 15 is 0 Å². The molecule has 0 aliphatic rings. The molecule has 0 saturated heterocycles. The Morgan fingerprint density at radius 3 is 2.21 bits per heavy atom. The fourth-order valence-electron chi connectivity index (χ4n) is 2.25. The van der Waals surface area contributed by atoms with Crippen molar-refractivity contribution in [1.29, 1.82) is 0 Å². The number of halogens is 3. The highest BCUT2D eigenvalue weighted by atomic mass is 19.4. The maximum atomic E-state index is 13.7. The number of aliphatic hydroxyl groups is 1. The number of hydrogen-bond acceptors (Lipinski definition) is 5. The summed E-state index contributed by atoms with van der Waals surface area (Å²) in [4.78, 5) is 23.9. The number of carbonyl (C=O) groups excluding carboxylic acids is 2. The number of ether oxygens (including phenoxy) is 2. The second-order valence-corrected chi connectivity index (χ2v) is 5.06. The van der Waals surface area contributed by atoms with Crippen LogP contribution in [0.3, 0.4) is 0 Å². The Morgan fingerprint density at radius 1 is 1.21 bits per heavy atom. The third-order valence-corrected chi connectivity index (χ3v) is 3.49. The molecule has 24 heavy (non-hydrogen) atoms. The minimum absolute atomic E-state index is 0.00241. The van der Waals surface area contributed by atoms with Crippen molar-refractivity contribution in [2.75, 3.05) is 13.7 Å².